The largest absolute Gasteiger partial charge is 0.330 e. The summed E-state index contributed by atoms with van der Waals surface area (Å²) in [6, 6.07) is 11.5. The number of anilines is 2. The number of rotatable bonds is 4. The first kappa shape index (κ1) is 20.4. The van der Waals surface area contributed by atoms with Gasteiger partial charge in [0.2, 0.25) is 10.0 Å². The quantitative estimate of drug-likeness (QED) is 0.454. The maximum Gasteiger partial charge on any atom is 0.279 e. The highest BCUT2D eigenvalue weighted by molar-refractivity contribution is 9.10. The molecule has 146 valence electrons. The van der Waals surface area contributed by atoms with Crippen LogP contribution in [0.2, 0.25) is 0 Å². The number of thiocarbonyl (C=S) groups is 1. The molecule has 1 aliphatic heterocycles. The zero-order chi connectivity index (χ0) is 20.5. The Morgan fingerprint density at radius 1 is 1.29 bits per heavy atom. The standard InChI is InChI=1S/C17H16BrN5O3S2/c1-2-23-13-9-10(18)7-8-11(13)15(16(23)24)21-22-17(27)20-12-5-3-4-6-14(12)28(19,25)26/h3-9H,2H2,1H3,(H2,19,25,26)(H2,20,22,27). The number of nitrogens with one attached hydrogen (secondary N) is 2. The van der Waals surface area contributed by atoms with E-state index in [4.69, 9.17) is 17.4 Å². The van der Waals surface area contributed by atoms with Crippen molar-refractivity contribution in [2.75, 3.05) is 16.8 Å². The Hall–Kier alpha value is -2.34. The van der Waals surface area contributed by atoms with Crippen LogP contribution in [0.5, 0.6) is 0 Å². The van der Waals surface area contributed by atoms with Crippen molar-refractivity contribution < 1.29 is 13.2 Å². The minimum Gasteiger partial charge on any atom is -0.330 e. The van der Waals surface area contributed by atoms with Crippen LogP contribution >= 0.6 is 28.1 Å². The molecule has 0 unspecified atom stereocenters. The van der Waals surface area contributed by atoms with Gasteiger partial charge in [0.1, 0.15) is 4.90 Å². The topological polar surface area (TPSA) is 117 Å². The Labute approximate surface area is 176 Å². The zero-order valence-corrected chi connectivity index (χ0v) is 17.9. The second-order valence-electron chi connectivity index (χ2n) is 5.78. The van der Waals surface area contributed by atoms with E-state index in [0.29, 0.717) is 12.1 Å². The van der Waals surface area contributed by atoms with Crippen LogP contribution in [0.3, 0.4) is 0 Å². The third kappa shape index (κ3) is 4.07. The van der Waals surface area contributed by atoms with E-state index >= 15 is 0 Å². The number of nitrogens with zero attached hydrogens (tertiary/aromatic N) is 2. The van der Waals surface area contributed by atoms with Crippen molar-refractivity contribution in [1.29, 1.82) is 0 Å². The van der Waals surface area contributed by atoms with Gasteiger partial charge < -0.3 is 10.2 Å². The number of hydrogen-bond acceptors (Lipinski definition) is 5. The van der Waals surface area contributed by atoms with E-state index in [1.165, 1.54) is 12.1 Å². The number of fused-ring (bicyclic) bond motifs is 1. The molecule has 4 N–H and O–H groups in total. The fourth-order valence-corrected chi connectivity index (χ4v) is 3.98. The van der Waals surface area contributed by atoms with Gasteiger partial charge in [0, 0.05) is 16.6 Å². The van der Waals surface area contributed by atoms with E-state index in [9.17, 15) is 13.2 Å². The molecule has 8 nitrogen and oxygen atoms in total. The highest BCUT2D eigenvalue weighted by Crippen LogP contribution is 2.31. The lowest BCUT2D eigenvalue weighted by Crippen LogP contribution is -2.32. The number of benzene rings is 2. The minimum absolute atomic E-state index is 0.0185. The molecule has 11 heteroatoms. The van der Waals surface area contributed by atoms with Gasteiger partial charge in [-0.25, -0.2) is 13.6 Å². The predicted molar refractivity (Wildman–Crippen MR) is 116 cm³/mol. The van der Waals surface area contributed by atoms with Crippen LogP contribution in [0.1, 0.15) is 12.5 Å². The lowest BCUT2D eigenvalue weighted by Gasteiger charge is -2.13. The highest BCUT2D eigenvalue weighted by Gasteiger charge is 2.33. The highest BCUT2D eigenvalue weighted by atomic mass is 79.9. The number of sulfonamides is 1. The summed E-state index contributed by atoms with van der Waals surface area (Å²) in [4.78, 5) is 14.1. The Kier molecular flexibility index (Phi) is 5.79. The van der Waals surface area contributed by atoms with Crippen LogP contribution in [0.4, 0.5) is 11.4 Å². The summed E-state index contributed by atoms with van der Waals surface area (Å²) in [7, 11) is -3.92. The van der Waals surface area contributed by atoms with Gasteiger partial charge in [0.15, 0.2) is 10.8 Å². The number of hydrogen-bond donors (Lipinski definition) is 3. The number of halogens is 1. The van der Waals surface area contributed by atoms with E-state index in [1.807, 2.05) is 19.1 Å². The summed E-state index contributed by atoms with van der Waals surface area (Å²) in [6.45, 7) is 2.36. The van der Waals surface area contributed by atoms with Gasteiger partial charge >= 0.3 is 0 Å². The summed E-state index contributed by atoms with van der Waals surface area (Å²) in [6.07, 6.45) is 0. The number of primary sulfonamides is 1. The van der Waals surface area contributed by atoms with Crippen molar-refractivity contribution >= 4 is 66.3 Å². The molecule has 0 aromatic heterocycles. The van der Waals surface area contributed by atoms with Crippen LogP contribution < -0.4 is 20.8 Å². The second kappa shape index (κ2) is 7.95. The van der Waals surface area contributed by atoms with Crippen molar-refractivity contribution in [2.24, 2.45) is 10.2 Å². The van der Waals surface area contributed by atoms with E-state index in [0.717, 1.165) is 10.2 Å². The maximum atomic E-state index is 12.6. The molecule has 0 bridgehead atoms. The molecular weight excluding hydrogens is 466 g/mol. The van der Waals surface area contributed by atoms with Crippen LogP contribution in [0.25, 0.3) is 0 Å². The number of para-hydroxylation sites is 1. The van der Waals surface area contributed by atoms with E-state index in [-0.39, 0.29) is 27.3 Å². The maximum absolute atomic E-state index is 12.6. The number of carbonyl (C=O) groups excluding carboxylic acids is 1. The first-order valence-corrected chi connectivity index (χ1v) is 10.9. The smallest absolute Gasteiger partial charge is 0.279 e. The molecule has 0 radical (unpaired) electrons. The Morgan fingerprint density at radius 2 is 2.00 bits per heavy atom. The molecule has 0 saturated carbocycles. The Bertz CT molecular complexity index is 1100. The number of hydrazone groups is 1. The molecule has 3 rings (SSSR count). The van der Waals surface area contributed by atoms with Gasteiger partial charge in [-0.2, -0.15) is 5.10 Å². The molecule has 2 aromatic carbocycles. The number of carbonyl (C=O) groups is 1. The summed E-state index contributed by atoms with van der Waals surface area (Å²) in [5, 5.41) is 12.1. The molecule has 28 heavy (non-hydrogen) atoms. The fraction of sp³-hybridized carbons (Fsp3) is 0.118. The zero-order valence-electron chi connectivity index (χ0n) is 14.6. The third-order valence-electron chi connectivity index (χ3n) is 3.98. The minimum atomic E-state index is -3.92. The van der Waals surface area contributed by atoms with Crippen molar-refractivity contribution in [3.05, 3.63) is 52.5 Å². The molecule has 1 aliphatic rings. The van der Waals surface area contributed by atoms with Crippen molar-refractivity contribution in [3.63, 3.8) is 0 Å². The monoisotopic (exact) mass is 481 g/mol. The van der Waals surface area contributed by atoms with Gasteiger partial charge in [-0.15, -0.1) is 0 Å². The Morgan fingerprint density at radius 3 is 2.68 bits per heavy atom. The lowest BCUT2D eigenvalue weighted by molar-refractivity contribution is -0.112. The van der Waals surface area contributed by atoms with Gasteiger partial charge in [-0.3, -0.25) is 10.2 Å². The summed E-state index contributed by atoms with van der Waals surface area (Å²) >= 11 is 8.57. The summed E-state index contributed by atoms with van der Waals surface area (Å²) in [5.74, 6) is -0.254. The van der Waals surface area contributed by atoms with Gasteiger partial charge in [0.25, 0.3) is 5.91 Å². The second-order valence-corrected chi connectivity index (χ2v) is 8.63. The van der Waals surface area contributed by atoms with Crippen LogP contribution in [-0.2, 0) is 14.8 Å². The molecule has 0 aliphatic carbocycles. The van der Waals surface area contributed by atoms with Gasteiger partial charge in [-0.05, 0) is 49.5 Å². The summed E-state index contributed by atoms with van der Waals surface area (Å²) in [5.41, 5.74) is 4.45. The van der Waals surface area contributed by atoms with Crippen molar-refractivity contribution in [3.8, 4) is 0 Å². The van der Waals surface area contributed by atoms with Crippen LogP contribution in [0.15, 0.2) is 56.9 Å². The molecule has 0 atom stereocenters. The molecule has 2 aromatic rings. The lowest BCUT2D eigenvalue weighted by atomic mass is 10.1. The van der Waals surface area contributed by atoms with E-state index < -0.39 is 10.0 Å². The molecule has 0 spiro atoms. The average molecular weight is 482 g/mol. The normalized spacial score (nSPS) is 14.9. The summed E-state index contributed by atoms with van der Waals surface area (Å²) < 4.78 is 24.2. The third-order valence-corrected chi connectivity index (χ3v) is 5.64. The molecule has 0 saturated heterocycles. The average Bonchev–Trinajstić information content (AvgIpc) is 2.89. The van der Waals surface area contributed by atoms with Crippen LogP contribution in [-0.4, -0.2) is 31.7 Å². The molecule has 1 heterocycles. The molecule has 0 fully saturated rings. The number of likely N-dealkylation sites (N-methyl/N-ethyl adjacent to an activating group) is 1. The fourth-order valence-electron chi connectivity index (χ4n) is 2.78. The van der Waals surface area contributed by atoms with E-state index in [2.05, 4.69) is 31.8 Å². The van der Waals surface area contributed by atoms with E-state index in [1.54, 1.807) is 23.1 Å². The predicted octanol–water partition coefficient (Wildman–Crippen LogP) is 2.15. The number of amides is 1. The van der Waals surface area contributed by atoms with Gasteiger partial charge in [-0.1, -0.05) is 28.1 Å². The molecular formula is C17H16BrN5O3S2. The van der Waals surface area contributed by atoms with Crippen molar-refractivity contribution in [2.45, 2.75) is 11.8 Å². The molecule has 1 amide bonds. The number of nitrogens with two attached hydrogens (primary N) is 1. The van der Waals surface area contributed by atoms with Gasteiger partial charge in [0.05, 0.1) is 11.4 Å². The van der Waals surface area contributed by atoms with Crippen LogP contribution in [0, 0.1) is 0 Å². The van der Waals surface area contributed by atoms with Crippen molar-refractivity contribution in [1.82, 2.24) is 5.43 Å². The SMILES string of the molecule is CCN1C(=O)C(=NNC(=S)Nc2ccccc2S(N)(=O)=O)c2ccc(Br)cc21. The Balaban J connectivity index is 1.84. The first-order valence-electron chi connectivity index (χ1n) is 8.10. The first-order chi connectivity index (χ1) is 13.2.